The minimum absolute atomic E-state index is 0.141. The molecule has 1 amide bonds. The Labute approximate surface area is 123 Å². The van der Waals surface area contributed by atoms with Gasteiger partial charge < -0.3 is 15.4 Å². The van der Waals surface area contributed by atoms with Crippen LogP contribution in [0, 0.1) is 0 Å². The number of carbonyl (C=O) groups is 1. The third kappa shape index (κ3) is 4.36. The normalized spacial score (nSPS) is 10.1. The molecule has 1 aromatic rings. The Balaban J connectivity index is 2.96. The Hall–Kier alpha value is -1.33. The van der Waals surface area contributed by atoms with Gasteiger partial charge in [0.2, 0.25) is 0 Å². The number of methoxy groups -OCH3 is 1. The fourth-order valence-electron chi connectivity index (χ4n) is 1.67. The van der Waals surface area contributed by atoms with Crippen molar-refractivity contribution in [1.82, 2.24) is 4.90 Å². The molecule has 0 bridgehead atoms. The molecule has 1 aromatic carbocycles. The number of benzene rings is 1. The number of amides is 1. The van der Waals surface area contributed by atoms with Crippen molar-refractivity contribution in [2.75, 3.05) is 20.2 Å². The van der Waals surface area contributed by atoms with Crippen LogP contribution in [0.3, 0.4) is 0 Å². The lowest BCUT2D eigenvalue weighted by molar-refractivity contribution is 0.0765. The standard InChI is InChI=1S/C13H17ClN2O2S/c1-3-16(7-6-12(15)19)13(17)10-8-9(14)4-5-11(10)18-2/h4-5,8H,3,6-7H2,1-2H3,(H2,15,19). The van der Waals surface area contributed by atoms with Crippen LogP contribution in [-0.2, 0) is 0 Å². The molecule has 0 fully saturated rings. The zero-order chi connectivity index (χ0) is 14.4. The highest BCUT2D eigenvalue weighted by Crippen LogP contribution is 2.24. The fraction of sp³-hybridized carbons (Fsp3) is 0.385. The van der Waals surface area contributed by atoms with Gasteiger partial charge in [0, 0.05) is 24.5 Å². The van der Waals surface area contributed by atoms with Gasteiger partial charge in [-0.15, -0.1) is 0 Å². The lowest BCUT2D eigenvalue weighted by Crippen LogP contribution is -2.33. The maximum absolute atomic E-state index is 12.4. The molecule has 0 aromatic heterocycles. The molecule has 0 heterocycles. The summed E-state index contributed by atoms with van der Waals surface area (Å²) in [6, 6.07) is 4.96. The van der Waals surface area contributed by atoms with E-state index in [1.165, 1.54) is 7.11 Å². The monoisotopic (exact) mass is 300 g/mol. The quantitative estimate of drug-likeness (QED) is 0.820. The molecule has 19 heavy (non-hydrogen) atoms. The van der Waals surface area contributed by atoms with E-state index in [-0.39, 0.29) is 5.91 Å². The molecular formula is C13H17ClN2O2S. The number of carbonyl (C=O) groups excluding carboxylic acids is 1. The number of nitrogens with zero attached hydrogens (tertiary/aromatic N) is 1. The smallest absolute Gasteiger partial charge is 0.257 e. The first kappa shape index (κ1) is 15.7. The lowest BCUT2D eigenvalue weighted by atomic mass is 10.1. The van der Waals surface area contributed by atoms with E-state index in [2.05, 4.69) is 0 Å². The molecule has 0 atom stereocenters. The van der Waals surface area contributed by atoms with Crippen LogP contribution in [0.5, 0.6) is 5.75 Å². The number of ether oxygens (including phenoxy) is 1. The van der Waals surface area contributed by atoms with E-state index in [0.29, 0.717) is 40.8 Å². The number of hydrogen-bond acceptors (Lipinski definition) is 3. The van der Waals surface area contributed by atoms with Gasteiger partial charge >= 0.3 is 0 Å². The van der Waals surface area contributed by atoms with E-state index in [4.69, 9.17) is 34.3 Å². The summed E-state index contributed by atoms with van der Waals surface area (Å²) in [5.74, 6) is 0.362. The molecule has 0 saturated carbocycles. The first-order valence-electron chi connectivity index (χ1n) is 5.90. The SMILES string of the molecule is CCN(CCC(N)=S)C(=O)c1cc(Cl)ccc1OC. The van der Waals surface area contributed by atoms with Crippen LogP contribution in [0.1, 0.15) is 23.7 Å². The highest BCUT2D eigenvalue weighted by Gasteiger charge is 2.18. The summed E-state index contributed by atoms with van der Waals surface area (Å²) in [6.45, 7) is 2.95. The van der Waals surface area contributed by atoms with Crippen molar-refractivity contribution < 1.29 is 9.53 Å². The van der Waals surface area contributed by atoms with Gasteiger partial charge in [-0.1, -0.05) is 23.8 Å². The van der Waals surface area contributed by atoms with Crippen molar-refractivity contribution in [2.24, 2.45) is 5.73 Å². The highest BCUT2D eigenvalue weighted by molar-refractivity contribution is 7.80. The average molecular weight is 301 g/mol. The van der Waals surface area contributed by atoms with Crippen LogP contribution in [-0.4, -0.2) is 36.0 Å². The first-order valence-corrected chi connectivity index (χ1v) is 6.69. The Kier molecular flexibility index (Phi) is 6.05. The number of thiocarbonyl (C=S) groups is 1. The van der Waals surface area contributed by atoms with E-state index in [0.717, 1.165) is 0 Å². The minimum Gasteiger partial charge on any atom is -0.496 e. The van der Waals surface area contributed by atoms with E-state index in [1.54, 1.807) is 23.1 Å². The Morgan fingerprint density at radius 2 is 2.21 bits per heavy atom. The summed E-state index contributed by atoms with van der Waals surface area (Å²) in [5, 5.41) is 0.495. The van der Waals surface area contributed by atoms with Gasteiger partial charge in [-0.3, -0.25) is 4.79 Å². The predicted octanol–water partition coefficient (Wildman–Crippen LogP) is 2.49. The van der Waals surface area contributed by atoms with Gasteiger partial charge in [-0.25, -0.2) is 0 Å². The topological polar surface area (TPSA) is 55.6 Å². The third-order valence-corrected chi connectivity index (χ3v) is 3.13. The molecule has 0 aliphatic rings. The third-order valence-electron chi connectivity index (χ3n) is 2.69. The van der Waals surface area contributed by atoms with Crippen molar-refractivity contribution in [3.8, 4) is 5.75 Å². The van der Waals surface area contributed by atoms with Crippen LogP contribution < -0.4 is 10.5 Å². The molecule has 2 N–H and O–H groups in total. The zero-order valence-electron chi connectivity index (χ0n) is 11.0. The summed E-state index contributed by atoms with van der Waals surface area (Å²) in [7, 11) is 1.52. The van der Waals surface area contributed by atoms with Crippen molar-refractivity contribution >= 4 is 34.7 Å². The van der Waals surface area contributed by atoms with Gasteiger partial charge in [-0.05, 0) is 25.1 Å². The van der Waals surface area contributed by atoms with Crippen LogP contribution in [0.25, 0.3) is 0 Å². The van der Waals surface area contributed by atoms with Crippen molar-refractivity contribution in [2.45, 2.75) is 13.3 Å². The summed E-state index contributed by atoms with van der Waals surface area (Å²) >= 11 is 10.8. The molecule has 6 heteroatoms. The fourth-order valence-corrected chi connectivity index (χ4v) is 1.93. The molecule has 0 aliphatic carbocycles. The summed E-state index contributed by atoms with van der Waals surface area (Å²) < 4.78 is 5.19. The molecule has 0 unspecified atom stereocenters. The zero-order valence-corrected chi connectivity index (χ0v) is 12.6. The van der Waals surface area contributed by atoms with Gasteiger partial charge in [0.05, 0.1) is 17.7 Å². The van der Waals surface area contributed by atoms with Crippen LogP contribution >= 0.6 is 23.8 Å². The molecule has 0 aliphatic heterocycles. The second kappa shape index (κ2) is 7.31. The van der Waals surface area contributed by atoms with Crippen LogP contribution in [0.2, 0.25) is 5.02 Å². The molecular weight excluding hydrogens is 284 g/mol. The molecule has 0 radical (unpaired) electrons. The van der Waals surface area contributed by atoms with Gasteiger partial charge in [-0.2, -0.15) is 0 Å². The summed E-state index contributed by atoms with van der Waals surface area (Å²) in [5.41, 5.74) is 5.91. The summed E-state index contributed by atoms with van der Waals surface area (Å²) in [6.07, 6.45) is 0.498. The molecule has 104 valence electrons. The molecule has 4 nitrogen and oxygen atoms in total. The number of rotatable bonds is 6. The average Bonchev–Trinajstić information content (AvgIpc) is 2.38. The van der Waals surface area contributed by atoms with Gasteiger partial charge in [0.25, 0.3) is 5.91 Å². The van der Waals surface area contributed by atoms with E-state index in [1.807, 2.05) is 6.92 Å². The van der Waals surface area contributed by atoms with Crippen LogP contribution in [0.4, 0.5) is 0 Å². The number of nitrogens with two attached hydrogens (primary N) is 1. The van der Waals surface area contributed by atoms with Gasteiger partial charge in [0.1, 0.15) is 5.75 Å². The highest BCUT2D eigenvalue weighted by atomic mass is 35.5. The largest absolute Gasteiger partial charge is 0.496 e. The van der Waals surface area contributed by atoms with Crippen molar-refractivity contribution in [1.29, 1.82) is 0 Å². The maximum atomic E-state index is 12.4. The first-order chi connectivity index (χ1) is 8.99. The van der Waals surface area contributed by atoms with E-state index in [9.17, 15) is 4.79 Å². The molecule has 0 saturated heterocycles. The molecule has 0 spiro atoms. The maximum Gasteiger partial charge on any atom is 0.257 e. The number of halogens is 1. The lowest BCUT2D eigenvalue weighted by Gasteiger charge is -2.21. The minimum atomic E-state index is -0.141. The predicted molar refractivity (Wildman–Crippen MR) is 81.0 cm³/mol. The Bertz CT molecular complexity index is 480. The Morgan fingerprint density at radius 3 is 2.74 bits per heavy atom. The van der Waals surface area contributed by atoms with Crippen molar-refractivity contribution in [3.63, 3.8) is 0 Å². The summed E-state index contributed by atoms with van der Waals surface area (Å²) in [4.78, 5) is 14.5. The molecule has 1 rings (SSSR count). The second-order valence-electron chi connectivity index (χ2n) is 3.95. The van der Waals surface area contributed by atoms with Crippen LogP contribution in [0.15, 0.2) is 18.2 Å². The second-order valence-corrected chi connectivity index (χ2v) is 4.91. The van der Waals surface area contributed by atoms with Crippen molar-refractivity contribution in [3.05, 3.63) is 28.8 Å². The Morgan fingerprint density at radius 1 is 1.53 bits per heavy atom. The van der Waals surface area contributed by atoms with E-state index >= 15 is 0 Å². The van der Waals surface area contributed by atoms with E-state index < -0.39 is 0 Å². The number of hydrogen-bond donors (Lipinski definition) is 1. The van der Waals surface area contributed by atoms with Gasteiger partial charge in [0.15, 0.2) is 0 Å².